The van der Waals surface area contributed by atoms with Crippen LogP contribution >= 0.6 is 0 Å². The monoisotopic (exact) mass is 471 g/mol. The van der Waals surface area contributed by atoms with Crippen LogP contribution in [0.5, 0.6) is 11.5 Å². The third-order valence-corrected chi connectivity index (χ3v) is 6.55. The molecule has 2 aromatic carbocycles. The Labute approximate surface area is 192 Å². The molecule has 0 radical (unpaired) electrons. The molecule has 10 heteroatoms. The summed E-state index contributed by atoms with van der Waals surface area (Å²) in [6.07, 6.45) is 1.58. The summed E-state index contributed by atoms with van der Waals surface area (Å²) in [5.41, 5.74) is 0.375. The van der Waals surface area contributed by atoms with Crippen molar-refractivity contribution in [3.05, 3.63) is 72.2 Å². The molecule has 1 aliphatic rings. The molecule has 1 aromatic heterocycles. The van der Waals surface area contributed by atoms with E-state index in [1.807, 2.05) is 25.1 Å². The lowest BCUT2D eigenvalue weighted by atomic mass is 10.1. The topological polar surface area (TPSA) is 110 Å². The van der Waals surface area contributed by atoms with Gasteiger partial charge < -0.3 is 19.2 Å². The largest absolute Gasteiger partial charge is 0.486 e. The molecule has 1 unspecified atom stereocenters. The van der Waals surface area contributed by atoms with E-state index in [1.54, 1.807) is 42.7 Å². The Hall–Kier alpha value is -3.50. The highest BCUT2D eigenvalue weighted by atomic mass is 32.2. The maximum atomic E-state index is 13.0. The zero-order chi connectivity index (χ0) is 23.4. The van der Waals surface area contributed by atoms with Crippen LogP contribution in [0.15, 0.2) is 70.2 Å². The van der Waals surface area contributed by atoms with Gasteiger partial charge in [-0.05, 0) is 50.5 Å². The first-order chi connectivity index (χ1) is 15.8. The van der Waals surface area contributed by atoms with Gasteiger partial charge in [-0.15, -0.1) is 0 Å². The molecule has 33 heavy (non-hydrogen) atoms. The standard InChI is InChI=1S/C23H25N3O6S/c1-26(2)19(20-8-5-11-30-20)15-24-23(27)17-6-3-4-7-18(17)25-33(28,29)16-9-10-21-22(14-16)32-13-12-31-21/h3-11,14,19,25H,12-13,15H2,1-2H3,(H,24,27). The number of para-hydroxylation sites is 1. The third-order valence-electron chi connectivity index (χ3n) is 5.19. The van der Waals surface area contributed by atoms with Gasteiger partial charge in [0.05, 0.1) is 28.5 Å². The van der Waals surface area contributed by atoms with Crippen molar-refractivity contribution in [3.63, 3.8) is 0 Å². The number of hydrogen-bond donors (Lipinski definition) is 2. The highest BCUT2D eigenvalue weighted by Crippen LogP contribution is 2.33. The number of ether oxygens (including phenoxy) is 2. The number of likely N-dealkylation sites (N-methyl/N-ethyl adjacent to an activating group) is 1. The first-order valence-electron chi connectivity index (χ1n) is 10.3. The average molecular weight is 472 g/mol. The van der Waals surface area contributed by atoms with E-state index >= 15 is 0 Å². The van der Waals surface area contributed by atoms with Crippen LogP contribution in [0, 0.1) is 0 Å². The van der Waals surface area contributed by atoms with Gasteiger partial charge in [0.25, 0.3) is 15.9 Å². The number of nitrogens with zero attached hydrogens (tertiary/aromatic N) is 1. The number of furan rings is 1. The van der Waals surface area contributed by atoms with Crippen molar-refractivity contribution >= 4 is 21.6 Å². The van der Waals surface area contributed by atoms with E-state index in [-0.39, 0.29) is 28.7 Å². The smallest absolute Gasteiger partial charge is 0.262 e. The number of rotatable bonds is 8. The number of fused-ring (bicyclic) bond motifs is 1. The van der Waals surface area contributed by atoms with Crippen molar-refractivity contribution in [1.82, 2.24) is 10.2 Å². The number of sulfonamides is 1. The summed E-state index contributed by atoms with van der Waals surface area (Å²) in [6.45, 7) is 1.04. The van der Waals surface area contributed by atoms with Crippen LogP contribution in [-0.2, 0) is 10.0 Å². The van der Waals surface area contributed by atoms with Crippen LogP contribution in [0.1, 0.15) is 22.2 Å². The highest BCUT2D eigenvalue weighted by Gasteiger charge is 2.23. The number of carbonyl (C=O) groups excluding carboxylic acids is 1. The number of amides is 1. The fraction of sp³-hybridized carbons (Fsp3) is 0.261. The minimum Gasteiger partial charge on any atom is -0.486 e. The van der Waals surface area contributed by atoms with E-state index in [0.717, 1.165) is 0 Å². The predicted octanol–water partition coefficient (Wildman–Crippen LogP) is 2.88. The average Bonchev–Trinajstić information content (AvgIpc) is 3.33. The van der Waals surface area contributed by atoms with E-state index in [0.29, 0.717) is 30.5 Å². The maximum absolute atomic E-state index is 13.0. The van der Waals surface area contributed by atoms with Crippen LogP contribution < -0.4 is 19.5 Å². The summed E-state index contributed by atoms with van der Waals surface area (Å²) >= 11 is 0. The van der Waals surface area contributed by atoms with Crippen molar-refractivity contribution < 1.29 is 27.1 Å². The number of anilines is 1. The number of carbonyl (C=O) groups is 1. The van der Waals surface area contributed by atoms with Gasteiger partial charge in [0.15, 0.2) is 11.5 Å². The van der Waals surface area contributed by atoms with Crippen LogP contribution in [0.25, 0.3) is 0 Å². The Morgan fingerprint density at radius 1 is 1.03 bits per heavy atom. The lowest BCUT2D eigenvalue weighted by Gasteiger charge is -2.23. The molecule has 0 saturated heterocycles. The molecule has 1 aliphatic heterocycles. The van der Waals surface area contributed by atoms with E-state index in [9.17, 15) is 13.2 Å². The second-order valence-corrected chi connectivity index (χ2v) is 9.34. The lowest BCUT2D eigenvalue weighted by molar-refractivity contribution is 0.0940. The van der Waals surface area contributed by atoms with Crippen LogP contribution in [0.2, 0.25) is 0 Å². The molecule has 0 bridgehead atoms. The van der Waals surface area contributed by atoms with Gasteiger partial charge in [0.1, 0.15) is 19.0 Å². The summed E-state index contributed by atoms with van der Waals surface area (Å²) in [6, 6.07) is 14.3. The van der Waals surface area contributed by atoms with E-state index in [4.69, 9.17) is 13.9 Å². The maximum Gasteiger partial charge on any atom is 0.262 e. The molecule has 0 spiro atoms. The molecule has 2 heterocycles. The first kappa shape index (κ1) is 22.7. The Balaban J connectivity index is 1.51. The van der Waals surface area contributed by atoms with E-state index in [1.165, 1.54) is 12.1 Å². The summed E-state index contributed by atoms with van der Waals surface area (Å²) in [5.74, 6) is 1.16. The van der Waals surface area contributed by atoms with Gasteiger partial charge in [-0.25, -0.2) is 8.42 Å². The molecule has 0 aliphatic carbocycles. The minimum atomic E-state index is -3.97. The summed E-state index contributed by atoms with van der Waals surface area (Å²) < 4.78 is 44.9. The van der Waals surface area contributed by atoms with Crippen molar-refractivity contribution in [2.45, 2.75) is 10.9 Å². The number of benzene rings is 2. The Bertz CT molecular complexity index is 1220. The van der Waals surface area contributed by atoms with Crippen molar-refractivity contribution in [3.8, 4) is 11.5 Å². The molecular formula is C23H25N3O6S. The molecule has 9 nitrogen and oxygen atoms in total. The lowest BCUT2D eigenvalue weighted by Crippen LogP contribution is -2.34. The zero-order valence-corrected chi connectivity index (χ0v) is 19.1. The third kappa shape index (κ3) is 5.12. The molecule has 1 amide bonds. The molecule has 4 rings (SSSR count). The summed E-state index contributed by atoms with van der Waals surface area (Å²) in [4.78, 5) is 14.9. The molecule has 1 atom stereocenters. The van der Waals surface area contributed by atoms with Gasteiger partial charge in [-0.1, -0.05) is 12.1 Å². The fourth-order valence-electron chi connectivity index (χ4n) is 3.47. The van der Waals surface area contributed by atoms with Crippen molar-refractivity contribution in [2.24, 2.45) is 0 Å². The molecule has 174 valence electrons. The van der Waals surface area contributed by atoms with E-state index < -0.39 is 15.9 Å². The Morgan fingerprint density at radius 3 is 2.52 bits per heavy atom. The van der Waals surface area contributed by atoms with Gasteiger partial charge in [0.2, 0.25) is 0 Å². The highest BCUT2D eigenvalue weighted by molar-refractivity contribution is 7.92. The SMILES string of the molecule is CN(C)C(CNC(=O)c1ccccc1NS(=O)(=O)c1ccc2c(c1)OCCO2)c1ccco1. The Morgan fingerprint density at radius 2 is 1.79 bits per heavy atom. The van der Waals surface area contributed by atoms with Gasteiger partial charge >= 0.3 is 0 Å². The van der Waals surface area contributed by atoms with Crippen LogP contribution in [0.3, 0.4) is 0 Å². The molecule has 2 N–H and O–H groups in total. The van der Waals surface area contributed by atoms with Crippen LogP contribution in [0.4, 0.5) is 5.69 Å². The van der Waals surface area contributed by atoms with E-state index in [2.05, 4.69) is 10.0 Å². The molecule has 0 saturated carbocycles. The molecular weight excluding hydrogens is 446 g/mol. The van der Waals surface area contributed by atoms with Crippen molar-refractivity contribution in [2.75, 3.05) is 38.6 Å². The quantitative estimate of drug-likeness (QED) is 0.520. The minimum absolute atomic E-state index is 0.00690. The predicted molar refractivity (Wildman–Crippen MR) is 122 cm³/mol. The molecule has 3 aromatic rings. The zero-order valence-electron chi connectivity index (χ0n) is 18.3. The molecule has 0 fully saturated rings. The first-order valence-corrected chi connectivity index (χ1v) is 11.8. The summed E-state index contributed by atoms with van der Waals surface area (Å²) in [7, 11) is -0.204. The van der Waals surface area contributed by atoms with Gasteiger partial charge in [-0.2, -0.15) is 0 Å². The second-order valence-electron chi connectivity index (χ2n) is 7.66. The number of nitrogens with one attached hydrogen (secondary N) is 2. The van der Waals surface area contributed by atoms with Gasteiger partial charge in [-0.3, -0.25) is 14.4 Å². The Kier molecular flexibility index (Phi) is 6.57. The fourth-order valence-corrected chi connectivity index (χ4v) is 4.56. The van der Waals surface area contributed by atoms with Gasteiger partial charge in [0, 0.05) is 12.6 Å². The number of hydrogen-bond acceptors (Lipinski definition) is 7. The second kappa shape index (κ2) is 9.55. The van der Waals surface area contributed by atoms with Crippen LogP contribution in [-0.4, -0.2) is 53.1 Å². The summed E-state index contributed by atoms with van der Waals surface area (Å²) in [5, 5.41) is 2.86. The van der Waals surface area contributed by atoms with Crippen molar-refractivity contribution in [1.29, 1.82) is 0 Å². The normalized spacial score (nSPS) is 14.0.